The van der Waals surface area contributed by atoms with Crippen LogP contribution in [-0.4, -0.2) is 25.1 Å². The van der Waals surface area contributed by atoms with Crippen molar-refractivity contribution in [2.45, 2.75) is 44.1 Å². The molecule has 0 radical (unpaired) electrons. The highest BCUT2D eigenvalue weighted by molar-refractivity contribution is 5.85. The maximum absolute atomic E-state index is 12.1. The molecule has 3 N–H and O–H groups in total. The topological polar surface area (TPSA) is 64.3 Å². The molecule has 21 heavy (non-hydrogen) atoms. The summed E-state index contributed by atoms with van der Waals surface area (Å²) in [4.78, 5) is 12.1. The number of carbonyl (C=O) groups excluding carboxylic acids is 1. The van der Waals surface area contributed by atoms with E-state index in [1.165, 1.54) is 0 Å². The van der Waals surface area contributed by atoms with E-state index in [0.29, 0.717) is 13.0 Å². The van der Waals surface area contributed by atoms with E-state index in [-0.39, 0.29) is 23.9 Å². The lowest BCUT2D eigenvalue weighted by Gasteiger charge is -2.28. The first kappa shape index (κ1) is 17.8. The molecule has 1 aromatic rings. The van der Waals surface area contributed by atoms with Gasteiger partial charge in [0, 0.05) is 13.0 Å². The van der Waals surface area contributed by atoms with E-state index >= 15 is 0 Å². The first-order valence-corrected chi connectivity index (χ1v) is 7.31. The summed E-state index contributed by atoms with van der Waals surface area (Å²) < 4.78 is 5.19. The Labute approximate surface area is 132 Å². The smallest absolute Gasteiger partial charge is 0.220 e. The number of aryl methyl sites for hydroxylation is 1. The highest BCUT2D eigenvalue weighted by atomic mass is 35.5. The van der Waals surface area contributed by atoms with Crippen LogP contribution in [0.15, 0.2) is 24.3 Å². The maximum atomic E-state index is 12.1. The third-order valence-electron chi connectivity index (χ3n) is 4.13. The number of nitrogens with one attached hydrogen (secondary N) is 1. The Morgan fingerprint density at radius 2 is 2.10 bits per heavy atom. The molecule has 118 valence electrons. The molecule has 2 rings (SSSR count). The van der Waals surface area contributed by atoms with E-state index in [2.05, 4.69) is 5.32 Å². The average molecular weight is 313 g/mol. The van der Waals surface area contributed by atoms with E-state index in [0.717, 1.165) is 43.4 Å². The predicted molar refractivity (Wildman–Crippen MR) is 87.0 cm³/mol. The second kappa shape index (κ2) is 8.25. The first-order chi connectivity index (χ1) is 9.67. The van der Waals surface area contributed by atoms with Crippen LogP contribution in [0.5, 0.6) is 5.75 Å². The van der Waals surface area contributed by atoms with Gasteiger partial charge in [0.15, 0.2) is 0 Å². The van der Waals surface area contributed by atoms with Crippen molar-refractivity contribution in [2.24, 2.45) is 5.73 Å². The second-order valence-electron chi connectivity index (χ2n) is 5.59. The summed E-state index contributed by atoms with van der Waals surface area (Å²) >= 11 is 0. The van der Waals surface area contributed by atoms with Crippen LogP contribution < -0.4 is 15.8 Å². The fourth-order valence-electron chi connectivity index (χ4n) is 2.88. The van der Waals surface area contributed by atoms with Crippen molar-refractivity contribution in [2.75, 3.05) is 13.7 Å². The normalized spacial score (nSPS) is 16.1. The number of hydrogen-bond donors (Lipinski definition) is 2. The highest BCUT2D eigenvalue weighted by Gasteiger charge is 2.33. The lowest BCUT2D eigenvalue weighted by Crippen LogP contribution is -2.51. The molecular weight excluding hydrogens is 288 g/mol. The Morgan fingerprint density at radius 1 is 1.38 bits per heavy atom. The zero-order valence-electron chi connectivity index (χ0n) is 12.6. The number of rotatable bonds is 6. The zero-order valence-corrected chi connectivity index (χ0v) is 13.4. The number of ether oxygens (including phenoxy) is 1. The van der Waals surface area contributed by atoms with Gasteiger partial charge in [-0.05, 0) is 37.0 Å². The Kier molecular flexibility index (Phi) is 6.99. The minimum absolute atomic E-state index is 0. The first-order valence-electron chi connectivity index (χ1n) is 7.31. The van der Waals surface area contributed by atoms with Crippen LogP contribution in [0, 0.1) is 0 Å². The van der Waals surface area contributed by atoms with Crippen molar-refractivity contribution < 1.29 is 9.53 Å². The highest BCUT2D eigenvalue weighted by Crippen LogP contribution is 2.28. The van der Waals surface area contributed by atoms with Crippen molar-refractivity contribution >= 4 is 18.3 Å². The summed E-state index contributed by atoms with van der Waals surface area (Å²) in [5.74, 6) is 0.928. The number of hydrogen-bond acceptors (Lipinski definition) is 3. The summed E-state index contributed by atoms with van der Waals surface area (Å²) in [7, 11) is 1.65. The zero-order chi connectivity index (χ0) is 14.4. The molecule has 5 heteroatoms. The van der Waals surface area contributed by atoms with E-state index < -0.39 is 0 Å². The molecule has 1 saturated carbocycles. The summed E-state index contributed by atoms with van der Waals surface area (Å²) in [5.41, 5.74) is 6.80. The molecular formula is C16H25ClN2O2. The Morgan fingerprint density at radius 3 is 2.71 bits per heavy atom. The van der Waals surface area contributed by atoms with Crippen LogP contribution in [0.25, 0.3) is 0 Å². The summed E-state index contributed by atoms with van der Waals surface area (Å²) in [6, 6.07) is 7.85. The molecule has 1 aliphatic carbocycles. The number of nitrogens with two attached hydrogens (primary N) is 1. The molecule has 0 atom stereocenters. The number of methoxy groups -OCH3 is 1. The van der Waals surface area contributed by atoms with Gasteiger partial charge in [-0.25, -0.2) is 0 Å². The van der Waals surface area contributed by atoms with Gasteiger partial charge in [-0.3, -0.25) is 4.79 Å². The molecule has 1 aliphatic rings. The third-order valence-corrected chi connectivity index (χ3v) is 4.13. The van der Waals surface area contributed by atoms with Gasteiger partial charge in [-0.2, -0.15) is 0 Å². The van der Waals surface area contributed by atoms with Crippen LogP contribution in [0.1, 0.15) is 37.7 Å². The van der Waals surface area contributed by atoms with Crippen molar-refractivity contribution in [3.05, 3.63) is 29.8 Å². The van der Waals surface area contributed by atoms with Gasteiger partial charge in [0.05, 0.1) is 12.6 Å². The van der Waals surface area contributed by atoms with Crippen LogP contribution in [0.3, 0.4) is 0 Å². The van der Waals surface area contributed by atoms with Crippen LogP contribution >= 0.6 is 12.4 Å². The lowest BCUT2D eigenvalue weighted by atomic mass is 9.97. The fraction of sp³-hybridized carbons (Fsp3) is 0.562. The SMILES string of the molecule is COc1cccc(CCC(=O)NC2(CN)CCCC2)c1.Cl. The molecule has 0 aliphatic heterocycles. The van der Waals surface area contributed by atoms with Gasteiger partial charge >= 0.3 is 0 Å². The quantitative estimate of drug-likeness (QED) is 0.848. The molecule has 1 aromatic carbocycles. The van der Waals surface area contributed by atoms with Crippen molar-refractivity contribution in [1.29, 1.82) is 0 Å². The molecule has 0 heterocycles. The van der Waals surface area contributed by atoms with Gasteiger partial charge in [0.1, 0.15) is 5.75 Å². The third kappa shape index (κ3) is 4.90. The molecule has 0 aromatic heterocycles. The molecule has 0 saturated heterocycles. The fourth-order valence-corrected chi connectivity index (χ4v) is 2.88. The molecule has 0 bridgehead atoms. The minimum Gasteiger partial charge on any atom is -0.497 e. The molecule has 4 nitrogen and oxygen atoms in total. The maximum Gasteiger partial charge on any atom is 0.220 e. The number of halogens is 1. The number of carbonyl (C=O) groups is 1. The average Bonchev–Trinajstić information content (AvgIpc) is 2.94. The van der Waals surface area contributed by atoms with Gasteiger partial charge in [0.25, 0.3) is 0 Å². The monoisotopic (exact) mass is 312 g/mol. The molecule has 1 amide bonds. The van der Waals surface area contributed by atoms with E-state index in [1.807, 2.05) is 24.3 Å². The molecule has 0 spiro atoms. The number of benzene rings is 1. The lowest BCUT2D eigenvalue weighted by molar-refractivity contribution is -0.122. The molecule has 0 unspecified atom stereocenters. The standard InChI is InChI=1S/C16H24N2O2.ClH/c1-20-14-6-4-5-13(11-14)7-8-15(19)18-16(12-17)9-2-3-10-16;/h4-6,11H,2-3,7-10,12,17H2,1H3,(H,18,19);1H. The summed E-state index contributed by atoms with van der Waals surface area (Å²) in [5, 5.41) is 3.15. The van der Waals surface area contributed by atoms with Gasteiger partial charge < -0.3 is 15.8 Å². The summed E-state index contributed by atoms with van der Waals surface area (Å²) in [6.45, 7) is 0.540. The molecule has 1 fully saturated rings. The predicted octanol–water partition coefficient (Wildman–Crippen LogP) is 2.44. The largest absolute Gasteiger partial charge is 0.497 e. The van der Waals surface area contributed by atoms with Gasteiger partial charge in [-0.15, -0.1) is 12.4 Å². The van der Waals surface area contributed by atoms with Gasteiger partial charge in [0.2, 0.25) is 5.91 Å². The van der Waals surface area contributed by atoms with Crippen molar-refractivity contribution in [3.63, 3.8) is 0 Å². The van der Waals surface area contributed by atoms with Crippen molar-refractivity contribution in [1.82, 2.24) is 5.32 Å². The van der Waals surface area contributed by atoms with Crippen LogP contribution in [0.2, 0.25) is 0 Å². The van der Waals surface area contributed by atoms with Crippen LogP contribution in [0.4, 0.5) is 0 Å². The minimum atomic E-state index is -0.147. The second-order valence-corrected chi connectivity index (χ2v) is 5.59. The van der Waals surface area contributed by atoms with Crippen LogP contribution in [-0.2, 0) is 11.2 Å². The Bertz CT molecular complexity index is 459. The number of amides is 1. The summed E-state index contributed by atoms with van der Waals surface area (Å²) in [6.07, 6.45) is 5.56. The Hall–Kier alpha value is -1.26. The van der Waals surface area contributed by atoms with E-state index in [1.54, 1.807) is 7.11 Å². The van der Waals surface area contributed by atoms with Crippen molar-refractivity contribution in [3.8, 4) is 5.75 Å². The van der Waals surface area contributed by atoms with E-state index in [9.17, 15) is 4.79 Å². The Balaban J connectivity index is 0.00000220. The van der Waals surface area contributed by atoms with Gasteiger partial charge in [-0.1, -0.05) is 25.0 Å². The van der Waals surface area contributed by atoms with E-state index in [4.69, 9.17) is 10.5 Å².